The van der Waals surface area contributed by atoms with Gasteiger partial charge in [-0.3, -0.25) is 0 Å². The molecule has 1 N–H and O–H groups in total. The number of rotatable bonds is 5. The molecule has 1 aromatic rings. The molecule has 1 fully saturated rings. The van der Waals surface area contributed by atoms with E-state index < -0.39 is 10.0 Å². The van der Waals surface area contributed by atoms with Crippen LogP contribution in [0.5, 0.6) is 0 Å². The number of aromatic nitrogens is 1. The monoisotopic (exact) mass is 312 g/mol. The molecule has 6 nitrogen and oxygen atoms in total. The van der Waals surface area contributed by atoms with Crippen LogP contribution in [0.4, 0.5) is 5.82 Å². The number of pyridine rings is 1. The quantitative estimate of drug-likeness (QED) is 0.886. The lowest BCUT2D eigenvalue weighted by molar-refractivity contribution is 0.197. The van der Waals surface area contributed by atoms with E-state index >= 15 is 0 Å². The SMILES string of the molecule is CCNc1cc(S(=O)(=O)N(C)C2CCN(C)CC2)ccn1. The summed E-state index contributed by atoms with van der Waals surface area (Å²) in [5.41, 5.74) is 0. The number of piperidine rings is 1. The molecule has 0 spiro atoms. The van der Waals surface area contributed by atoms with Crippen LogP contribution in [-0.4, -0.2) is 62.4 Å². The average molecular weight is 312 g/mol. The second-order valence-corrected chi connectivity index (χ2v) is 7.46. The van der Waals surface area contributed by atoms with Gasteiger partial charge in [0, 0.05) is 31.9 Å². The van der Waals surface area contributed by atoms with Gasteiger partial charge in [-0.15, -0.1) is 0 Å². The van der Waals surface area contributed by atoms with Crippen molar-refractivity contribution in [1.82, 2.24) is 14.2 Å². The van der Waals surface area contributed by atoms with Crippen molar-refractivity contribution in [2.75, 3.05) is 39.0 Å². The summed E-state index contributed by atoms with van der Waals surface area (Å²) in [6.45, 7) is 4.53. The minimum Gasteiger partial charge on any atom is -0.370 e. The van der Waals surface area contributed by atoms with Gasteiger partial charge >= 0.3 is 0 Å². The zero-order chi connectivity index (χ0) is 15.5. The molecule has 1 aliphatic heterocycles. The van der Waals surface area contributed by atoms with Crippen molar-refractivity contribution < 1.29 is 8.42 Å². The molecule has 1 aromatic heterocycles. The van der Waals surface area contributed by atoms with Crippen LogP contribution in [0.15, 0.2) is 23.2 Å². The Morgan fingerprint density at radius 2 is 2.10 bits per heavy atom. The Labute approximate surface area is 127 Å². The lowest BCUT2D eigenvalue weighted by Crippen LogP contribution is -2.44. The van der Waals surface area contributed by atoms with E-state index in [4.69, 9.17) is 0 Å². The predicted molar refractivity (Wildman–Crippen MR) is 83.9 cm³/mol. The van der Waals surface area contributed by atoms with Gasteiger partial charge in [-0.2, -0.15) is 4.31 Å². The molecule has 1 saturated heterocycles. The van der Waals surface area contributed by atoms with Crippen molar-refractivity contribution >= 4 is 15.8 Å². The topological polar surface area (TPSA) is 65.5 Å². The van der Waals surface area contributed by atoms with Crippen molar-refractivity contribution in [2.24, 2.45) is 0 Å². The van der Waals surface area contributed by atoms with E-state index in [-0.39, 0.29) is 6.04 Å². The third kappa shape index (κ3) is 3.72. The molecule has 0 radical (unpaired) electrons. The minimum atomic E-state index is -3.46. The molecule has 21 heavy (non-hydrogen) atoms. The Balaban J connectivity index is 2.18. The van der Waals surface area contributed by atoms with E-state index in [1.165, 1.54) is 10.5 Å². The van der Waals surface area contributed by atoms with Gasteiger partial charge in [0.05, 0.1) is 4.90 Å². The van der Waals surface area contributed by atoms with Crippen LogP contribution < -0.4 is 5.32 Å². The maximum atomic E-state index is 12.7. The Bertz CT molecular complexity index is 568. The first-order valence-electron chi connectivity index (χ1n) is 7.31. The third-order valence-electron chi connectivity index (χ3n) is 3.97. The highest BCUT2D eigenvalue weighted by molar-refractivity contribution is 7.89. The molecule has 1 aliphatic rings. The molecule has 0 atom stereocenters. The maximum Gasteiger partial charge on any atom is 0.243 e. The average Bonchev–Trinajstić information content (AvgIpc) is 2.48. The summed E-state index contributed by atoms with van der Waals surface area (Å²) in [5, 5.41) is 3.04. The van der Waals surface area contributed by atoms with Gasteiger partial charge < -0.3 is 10.2 Å². The Kier molecular flexibility index (Phi) is 5.18. The fourth-order valence-electron chi connectivity index (χ4n) is 2.57. The number of anilines is 1. The molecule has 7 heteroatoms. The molecule has 0 amide bonds. The second-order valence-electron chi connectivity index (χ2n) is 5.46. The summed E-state index contributed by atoms with van der Waals surface area (Å²) in [7, 11) is 0.283. The van der Waals surface area contributed by atoms with Gasteiger partial charge in [0.1, 0.15) is 5.82 Å². The lowest BCUT2D eigenvalue weighted by Gasteiger charge is -2.34. The Morgan fingerprint density at radius 1 is 1.43 bits per heavy atom. The summed E-state index contributed by atoms with van der Waals surface area (Å²) in [6, 6.07) is 3.23. The molecule has 0 unspecified atom stereocenters. The standard InChI is InChI=1S/C14H24N4O2S/c1-4-15-14-11-13(5-8-16-14)21(19,20)18(3)12-6-9-17(2)10-7-12/h5,8,11-12H,4,6-7,9-10H2,1-3H3,(H,15,16). The van der Waals surface area contributed by atoms with Gasteiger partial charge in [0.2, 0.25) is 10.0 Å². The van der Waals surface area contributed by atoms with Crippen LogP contribution in [0, 0.1) is 0 Å². The van der Waals surface area contributed by atoms with E-state index in [0.29, 0.717) is 17.3 Å². The highest BCUT2D eigenvalue weighted by Gasteiger charge is 2.30. The van der Waals surface area contributed by atoms with E-state index in [1.54, 1.807) is 19.2 Å². The smallest absolute Gasteiger partial charge is 0.243 e. The molecule has 0 aliphatic carbocycles. The molecule has 0 aromatic carbocycles. The first-order chi connectivity index (χ1) is 9.95. The fraction of sp³-hybridized carbons (Fsp3) is 0.643. The molecule has 118 valence electrons. The van der Waals surface area contributed by atoms with Gasteiger partial charge in [0.15, 0.2) is 0 Å². The zero-order valence-corrected chi connectivity index (χ0v) is 13.7. The zero-order valence-electron chi connectivity index (χ0n) is 12.9. The highest BCUT2D eigenvalue weighted by Crippen LogP contribution is 2.23. The first kappa shape index (κ1) is 16.2. The van der Waals surface area contributed by atoms with Crippen LogP contribution in [0.25, 0.3) is 0 Å². The van der Waals surface area contributed by atoms with Crippen LogP contribution in [0.2, 0.25) is 0 Å². The number of nitrogens with zero attached hydrogens (tertiary/aromatic N) is 3. The number of hydrogen-bond acceptors (Lipinski definition) is 5. The van der Waals surface area contributed by atoms with Crippen molar-refractivity contribution in [2.45, 2.75) is 30.7 Å². The van der Waals surface area contributed by atoms with Crippen molar-refractivity contribution in [1.29, 1.82) is 0 Å². The maximum absolute atomic E-state index is 12.7. The van der Waals surface area contributed by atoms with E-state index in [1.807, 2.05) is 6.92 Å². The van der Waals surface area contributed by atoms with Gasteiger partial charge in [-0.05, 0) is 46.0 Å². The number of hydrogen-bond donors (Lipinski definition) is 1. The fourth-order valence-corrected chi connectivity index (χ4v) is 4.00. The third-order valence-corrected chi connectivity index (χ3v) is 5.87. The van der Waals surface area contributed by atoms with Gasteiger partial charge in [-0.25, -0.2) is 13.4 Å². The summed E-state index contributed by atoms with van der Waals surface area (Å²) in [4.78, 5) is 6.65. The minimum absolute atomic E-state index is 0.0712. The molecular weight excluding hydrogens is 288 g/mol. The van der Waals surface area contributed by atoms with Crippen LogP contribution >= 0.6 is 0 Å². The van der Waals surface area contributed by atoms with Crippen molar-refractivity contribution in [3.8, 4) is 0 Å². The lowest BCUT2D eigenvalue weighted by atomic mass is 10.1. The molecule has 0 bridgehead atoms. The van der Waals surface area contributed by atoms with E-state index in [2.05, 4.69) is 22.2 Å². The Hall–Kier alpha value is -1.18. The summed E-state index contributed by atoms with van der Waals surface area (Å²) in [6.07, 6.45) is 3.28. The largest absolute Gasteiger partial charge is 0.370 e. The summed E-state index contributed by atoms with van der Waals surface area (Å²) in [5.74, 6) is 0.593. The van der Waals surface area contributed by atoms with E-state index in [9.17, 15) is 8.42 Å². The number of sulfonamides is 1. The summed E-state index contributed by atoms with van der Waals surface area (Å²) < 4.78 is 27.0. The van der Waals surface area contributed by atoms with Crippen molar-refractivity contribution in [3.05, 3.63) is 18.3 Å². The highest BCUT2D eigenvalue weighted by atomic mass is 32.2. The van der Waals surface area contributed by atoms with Crippen LogP contribution in [0.1, 0.15) is 19.8 Å². The van der Waals surface area contributed by atoms with E-state index in [0.717, 1.165) is 25.9 Å². The molecule has 0 saturated carbocycles. The molecular formula is C14H24N4O2S. The predicted octanol–water partition coefficient (Wildman–Crippen LogP) is 1.23. The molecule has 2 heterocycles. The van der Waals surface area contributed by atoms with Crippen LogP contribution in [-0.2, 0) is 10.0 Å². The summed E-state index contributed by atoms with van der Waals surface area (Å²) >= 11 is 0. The van der Waals surface area contributed by atoms with Crippen LogP contribution in [0.3, 0.4) is 0 Å². The number of nitrogens with one attached hydrogen (secondary N) is 1. The first-order valence-corrected chi connectivity index (χ1v) is 8.75. The van der Waals surface area contributed by atoms with Gasteiger partial charge in [0.25, 0.3) is 0 Å². The van der Waals surface area contributed by atoms with Gasteiger partial charge in [-0.1, -0.05) is 0 Å². The number of likely N-dealkylation sites (tertiary alicyclic amines) is 1. The van der Waals surface area contributed by atoms with Crippen molar-refractivity contribution in [3.63, 3.8) is 0 Å². The normalized spacial score (nSPS) is 18.1. The second kappa shape index (κ2) is 6.72. The Morgan fingerprint density at radius 3 is 2.71 bits per heavy atom. The molecule has 2 rings (SSSR count).